The van der Waals surface area contributed by atoms with Crippen LogP contribution in [0, 0.1) is 12.3 Å². The third kappa shape index (κ3) is 2.49. The molecule has 0 aromatic rings. The zero-order valence-electron chi connectivity index (χ0n) is 7.15. The van der Waals surface area contributed by atoms with Gasteiger partial charge in [-0.1, -0.05) is 23.2 Å². The second kappa shape index (κ2) is 4.17. The molecule has 0 unspecified atom stereocenters. The summed E-state index contributed by atoms with van der Waals surface area (Å²) < 4.78 is -1.25. The van der Waals surface area contributed by atoms with Crippen LogP contribution in [0.1, 0.15) is 25.7 Å². The summed E-state index contributed by atoms with van der Waals surface area (Å²) >= 11 is 11.2. The van der Waals surface area contributed by atoms with Crippen LogP contribution >= 0.6 is 23.2 Å². The average molecular weight is 217 g/mol. The number of allylic oxidation sites excluding steroid dienone is 2. The molecule has 0 spiro atoms. The summed E-state index contributed by atoms with van der Waals surface area (Å²) in [6.45, 7) is 0. The minimum absolute atomic E-state index is 0.156. The molecule has 0 aromatic carbocycles. The summed E-state index contributed by atoms with van der Waals surface area (Å²) in [6.07, 6.45) is 10.1. The van der Waals surface area contributed by atoms with Gasteiger partial charge in [-0.15, -0.1) is 12.3 Å². The van der Waals surface area contributed by atoms with Gasteiger partial charge in [0.2, 0.25) is 0 Å². The van der Waals surface area contributed by atoms with Crippen LogP contribution in [0.5, 0.6) is 0 Å². The fraction of sp³-hybridized carbons (Fsp3) is 0.500. The Balaban J connectivity index is 2.27. The molecule has 0 saturated heterocycles. The van der Waals surface area contributed by atoms with Gasteiger partial charge in [0.25, 0.3) is 0 Å². The van der Waals surface area contributed by atoms with E-state index in [2.05, 4.69) is 5.92 Å². The molecule has 0 atom stereocenters. The third-order valence-corrected chi connectivity index (χ3v) is 2.53. The van der Waals surface area contributed by atoms with Crippen molar-refractivity contribution in [1.82, 2.24) is 0 Å². The maximum absolute atomic E-state index is 11.2. The van der Waals surface area contributed by atoms with E-state index in [0.29, 0.717) is 0 Å². The number of halogens is 2. The van der Waals surface area contributed by atoms with E-state index in [4.69, 9.17) is 29.6 Å². The average Bonchev–Trinajstić information content (AvgIpc) is 2.10. The normalized spacial score (nSPS) is 18.8. The lowest BCUT2D eigenvalue weighted by molar-refractivity contribution is -0.117. The molecule has 70 valence electrons. The molecule has 0 aliphatic heterocycles. The summed E-state index contributed by atoms with van der Waals surface area (Å²) in [7, 11) is 0. The lowest BCUT2D eigenvalue weighted by Gasteiger charge is -2.25. The molecule has 0 bridgehead atoms. The highest BCUT2D eigenvalue weighted by atomic mass is 35.5. The first-order chi connectivity index (χ1) is 6.08. The van der Waals surface area contributed by atoms with E-state index in [0.717, 1.165) is 31.3 Å². The number of rotatable bonds is 4. The number of carbonyl (C=O) groups excluding carboxylic acids is 1. The number of carbonyl (C=O) groups is 1. The fourth-order valence-electron chi connectivity index (χ4n) is 1.21. The highest BCUT2D eigenvalue weighted by Crippen LogP contribution is 2.38. The summed E-state index contributed by atoms with van der Waals surface area (Å²) in [5, 5.41) is 0. The van der Waals surface area contributed by atoms with Crippen molar-refractivity contribution in [2.45, 2.75) is 30.0 Å². The van der Waals surface area contributed by atoms with Crippen LogP contribution in [0.25, 0.3) is 0 Å². The molecular formula is C10H10Cl2O. The molecule has 13 heavy (non-hydrogen) atoms. The van der Waals surface area contributed by atoms with Crippen LogP contribution in [0.4, 0.5) is 0 Å². The lowest BCUT2D eigenvalue weighted by atomic mass is 9.91. The van der Waals surface area contributed by atoms with Gasteiger partial charge in [-0.25, -0.2) is 0 Å². The van der Waals surface area contributed by atoms with Crippen LogP contribution in [0.15, 0.2) is 11.6 Å². The Hall–Kier alpha value is -0.450. The van der Waals surface area contributed by atoms with Crippen LogP contribution < -0.4 is 0 Å². The highest BCUT2D eigenvalue weighted by Gasteiger charge is 2.42. The topological polar surface area (TPSA) is 17.1 Å². The summed E-state index contributed by atoms with van der Waals surface area (Å²) in [4.78, 5) is 11.2. The van der Waals surface area contributed by atoms with E-state index in [1.54, 1.807) is 6.08 Å². The van der Waals surface area contributed by atoms with Crippen molar-refractivity contribution in [2.75, 3.05) is 0 Å². The third-order valence-electron chi connectivity index (χ3n) is 1.97. The van der Waals surface area contributed by atoms with E-state index >= 15 is 0 Å². The van der Waals surface area contributed by atoms with Crippen molar-refractivity contribution in [3.05, 3.63) is 11.6 Å². The molecule has 1 aliphatic rings. The minimum Gasteiger partial charge on any atom is -0.291 e. The zero-order chi connectivity index (χ0) is 9.90. The first-order valence-corrected chi connectivity index (χ1v) is 4.91. The van der Waals surface area contributed by atoms with Gasteiger partial charge < -0.3 is 0 Å². The molecule has 3 heteroatoms. The van der Waals surface area contributed by atoms with Crippen molar-refractivity contribution in [3.63, 3.8) is 0 Å². The number of ketones is 1. The maximum Gasteiger partial charge on any atom is 0.198 e. The first kappa shape index (κ1) is 10.6. The number of hydrogen-bond donors (Lipinski definition) is 0. The molecule has 0 fully saturated rings. The van der Waals surface area contributed by atoms with Gasteiger partial charge in [-0.05, 0) is 30.9 Å². The molecule has 1 rings (SSSR count). The standard InChI is InChI=1S/C10H10Cl2O/c1-2-3-4-5-6-8-7-10(11,12)9(8)13/h1,7H,3-6H2. The monoisotopic (exact) mass is 216 g/mol. The Bertz CT molecular complexity index is 284. The molecule has 0 aromatic heterocycles. The molecule has 1 nitrogen and oxygen atoms in total. The van der Waals surface area contributed by atoms with Crippen LogP contribution in [-0.2, 0) is 4.79 Å². The van der Waals surface area contributed by atoms with Crippen molar-refractivity contribution in [3.8, 4) is 12.3 Å². The van der Waals surface area contributed by atoms with Gasteiger partial charge in [0.1, 0.15) is 0 Å². The van der Waals surface area contributed by atoms with Crippen molar-refractivity contribution in [1.29, 1.82) is 0 Å². The molecule has 0 radical (unpaired) electrons. The van der Waals surface area contributed by atoms with Gasteiger partial charge in [0.05, 0.1) is 0 Å². The summed E-state index contributed by atoms with van der Waals surface area (Å²) in [5.41, 5.74) is 0.738. The van der Waals surface area contributed by atoms with Crippen LogP contribution in [0.3, 0.4) is 0 Å². The number of terminal acetylenes is 1. The second-order valence-corrected chi connectivity index (χ2v) is 4.42. The largest absolute Gasteiger partial charge is 0.291 e. The lowest BCUT2D eigenvalue weighted by Crippen LogP contribution is -2.35. The molecule has 1 aliphatic carbocycles. The summed E-state index contributed by atoms with van der Waals surface area (Å²) in [5.74, 6) is 2.39. The van der Waals surface area contributed by atoms with E-state index in [1.807, 2.05) is 0 Å². The molecule has 0 amide bonds. The Morgan fingerprint density at radius 2 is 2.15 bits per heavy atom. The van der Waals surface area contributed by atoms with Gasteiger partial charge in [0, 0.05) is 6.42 Å². The summed E-state index contributed by atoms with van der Waals surface area (Å²) in [6, 6.07) is 0. The van der Waals surface area contributed by atoms with E-state index in [1.165, 1.54) is 0 Å². The highest BCUT2D eigenvalue weighted by molar-refractivity contribution is 6.64. The molecule has 0 N–H and O–H groups in total. The van der Waals surface area contributed by atoms with Crippen LogP contribution in [0.2, 0.25) is 0 Å². The number of alkyl halides is 2. The van der Waals surface area contributed by atoms with Crippen LogP contribution in [-0.4, -0.2) is 10.1 Å². The van der Waals surface area contributed by atoms with Crippen molar-refractivity contribution < 1.29 is 4.79 Å². The number of hydrogen-bond acceptors (Lipinski definition) is 1. The number of Topliss-reactive ketones (excluding diaryl/α,β-unsaturated/α-hetero) is 1. The number of unbranched alkanes of at least 4 members (excludes halogenated alkanes) is 2. The SMILES string of the molecule is C#CCCCCC1=CC(Cl)(Cl)C1=O. The Morgan fingerprint density at radius 1 is 1.46 bits per heavy atom. The maximum atomic E-state index is 11.2. The van der Waals surface area contributed by atoms with E-state index < -0.39 is 4.33 Å². The van der Waals surface area contributed by atoms with Gasteiger partial charge >= 0.3 is 0 Å². The van der Waals surface area contributed by atoms with E-state index in [9.17, 15) is 4.79 Å². The predicted molar refractivity (Wildman–Crippen MR) is 54.8 cm³/mol. The van der Waals surface area contributed by atoms with Crippen molar-refractivity contribution in [2.24, 2.45) is 0 Å². The van der Waals surface area contributed by atoms with E-state index in [-0.39, 0.29) is 5.78 Å². The predicted octanol–water partition coefficient (Wildman–Crippen LogP) is 2.86. The zero-order valence-corrected chi connectivity index (χ0v) is 8.66. The Morgan fingerprint density at radius 3 is 2.62 bits per heavy atom. The molecule has 0 saturated carbocycles. The smallest absolute Gasteiger partial charge is 0.198 e. The fourth-order valence-corrected chi connectivity index (χ4v) is 1.72. The van der Waals surface area contributed by atoms with Gasteiger partial charge in [0.15, 0.2) is 10.1 Å². The Labute approximate surface area is 88.1 Å². The van der Waals surface area contributed by atoms with Crippen molar-refractivity contribution >= 4 is 29.0 Å². The minimum atomic E-state index is -1.25. The first-order valence-electron chi connectivity index (χ1n) is 4.16. The van der Waals surface area contributed by atoms with Gasteiger partial charge in [-0.2, -0.15) is 0 Å². The quantitative estimate of drug-likeness (QED) is 0.402. The second-order valence-electron chi connectivity index (χ2n) is 3.03. The molecule has 0 heterocycles. The molecular weight excluding hydrogens is 207 g/mol. The Kier molecular flexibility index (Phi) is 3.41. The van der Waals surface area contributed by atoms with Gasteiger partial charge in [-0.3, -0.25) is 4.79 Å².